The lowest BCUT2D eigenvalue weighted by atomic mass is 10.7. The van der Waals surface area contributed by atoms with Crippen molar-refractivity contribution in [2.75, 3.05) is 13.7 Å². The van der Waals surface area contributed by atoms with Gasteiger partial charge in [-0.3, -0.25) is 0 Å². The van der Waals surface area contributed by atoms with Gasteiger partial charge < -0.3 is 4.74 Å². The van der Waals surface area contributed by atoms with Gasteiger partial charge in [-0.05, 0) is 4.99 Å². The second kappa shape index (κ2) is 5.18. The van der Waals surface area contributed by atoms with Crippen molar-refractivity contribution < 1.29 is 4.74 Å². The Hall–Kier alpha value is 0.180. The molecule has 0 aliphatic carbocycles. The second-order valence-electron chi connectivity index (χ2n) is 0.817. The molecule has 0 aromatic heterocycles. The maximum absolute atomic E-state index is 4.67. The van der Waals surface area contributed by atoms with E-state index in [0.717, 1.165) is 0 Å². The van der Waals surface area contributed by atoms with Crippen molar-refractivity contribution in [2.24, 2.45) is 0 Å². The van der Waals surface area contributed by atoms with Crippen molar-refractivity contribution in [1.29, 1.82) is 0 Å². The monoisotopic (exact) mass is 150 g/mol. The molecule has 0 bridgehead atoms. The van der Waals surface area contributed by atoms with Crippen molar-refractivity contribution >= 4 is 15.9 Å². The van der Waals surface area contributed by atoms with Crippen LogP contribution < -0.4 is 0 Å². The molecule has 36 valence electrons. The van der Waals surface area contributed by atoms with Crippen LogP contribution in [-0.4, -0.2) is 13.7 Å². The first-order valence-electron chi connectivity index (χ1n) is 1.66. The molecule has 0 aromatic carbocycles. The lowest BCUT2D eigenvalue weighted by Gasteiger charge is -1.81. The Morgan fingerprint density at radius 3 is 2.67 bits per heavy atom. The van der Waals surface area contributed by atoms with Crippen LogP contribution in [0.1, 0.15) is 0 Å². The van der Waals surface area contributed by atoms with Gasteiger partial charge in [0.15, 0.2) is 0 Å². The third-order valence-corrected chi connectivity index (χ3v) is 0.726. The summed E-state index contributed by atoms with van der Waals surface area (Å²) >= 11 is 3.09. The van der Waals surface area contributed by atoms with Crippen LogP contribution >= 0.6 is 15.9 Å². The number of methoxy groups -OCH3 is 1. The van der Waals surface area contributed by atoms with Crippen LogP contribution in [0.5, 0.6) is 0 Å². The van der Waals surface area contributed by atoms with Crippen molar-refractivity contribution in [3.8, 4) is 0 Å². The molecule has 6 heavy (non-hydrogen) atoms. The SMILES string of the molecule is COCC=CBr. The van der Waals surface area contributed by atoms with E-state index in [4.69, 9.17) is 0 Å². The molecule has 0 rings (SSSR count). The van der Waals surface area contributed by atoms with E-state index in [1.54, 1.807) is 12.1 Å². The molecule has 0 N–H and O–H groups in total. The highest BCUT2D eigenvalue weighted by Gasteiger charge is 1.63. The first kappa shape index (κ1) is 6.18. The van der Waals surface area contributed by atoms with Crippen LogP contribution in [0, 0.1) is 0 Å². The largest absolute Gasteiger partial charge is 0.381 e. The molecule has 0 aliphatic rings. The topological polar surface area (TPSA) is 9.23 Å². The summed E-state index contributed by atoms with van der Waals surface area (Å²) < 4.78 is 4.67. The zero-order valence-electron chi connectivity index (χ0n) is 3.65. The fourth-order valence-electron chi connectivity index (χ4n) is 0.133. The summed E-state index contributed by atoms with van der Waals surface area (Å²) in [5.41, 5.74) is 0. The molecule has 1 nitrogen and oxygen atoms in total. The fourth-order valence-corrected chi connectivity index (χ4v) is 0.285. The first-order chi connectivity index (χ1) is 2.91. The van der Waals surface area contributed by atoms with Gasteiger partial charge in [-0.15, -0.1) is 0 Å². The number of hydrogen-bond donors (Lipinski definition) is 0. The standard InChI is InChI=1S/C4H7BrO/c1-6-4-2-3-5/h2-3H,4H2,1H3. The Morgan fingerprint density at radius 2 is 2.50 bits per heavy atom. The molecule has 0 unspecified atom stereocenters. The van der Waals surface area contributed by atoms with E-state index < -0.39 is 0 Å². The van der Waals surface area contributed by atoms with Gasteiger partial charge >= 0.3 is 0 Å². The van der Waals surface area contributed by atoms with Gasteiger partial charge in [0.05, 0.1) is 6.61 Å². The zero-order chi connectivity index (χ0) is 4.83. The molecule has 0 atom stereocenters. The second-order valence-corrected chi connectivity index (χ2v) is 1.35. The van der Waals surface area contributed by atoms with Gasteiger partial charge in [-0.2, -0.15) is 0 Å². The van der Waals surface area contributed by atoms with Gasteiger partial charge in [-0.1, -0.05) is 22.0 Å². The minimum Gasteiger partial charge on any atom is -0.381 e. The molecule has 0 spiro atoms. The van der Waals surface area contributed by atoms with E-state index in [9.17, 15) is 0 Å². The minimum atomic E-state index is 0.686. The van der Waals surface area contributed by atoms with E-state index in [-0.39, 0.29) is 0 Å². The predicted octanol–water partition coefficient (Wildman–Crippen LogP) is 1.54. The molecule has 0 fully saturated rings. The van der Waals surface area contributed by atoms with Crippen molar-refractivity contribution in [3.63, 3.8) is 0 Å². The van der Waals surface area contributed by atoms with E-state index in [1.807, 2.05) is 6.08 Å². The summed E-state index contributed by atoms with van der Waals surface area (Å²) in [7, 11) is 1.66. The van der Waals surface area contributed by atoms with Crippen molar-refractivity contribution in [3.05, 3.63) is 11.1 Å². The summed E-state index contributed by atoms with van der Waals surface area (Å²) in [6, 6.07) is 0. The van der Waals surface area contributed by atoms with Crippen LogP contribution in [0.3, 0.4) is 0 Å². The quantitative estimate of drug-likeness (QED) is 0.581. The van der Waals surface area contributed by atoms with E-state index in [1.165, 1.54) is 0 Å². The Kier molecular flexibility index (Phi) is 5.34. The Morgan fingerprint density at radius 1 is 1.83 bits per heavy atom. The lowest BCUT2D eigenvalue weighted by molar-refractivity contribution is 0.234. The Bertz CT molecular complexity index is 42.8. The smallest absolute Gasteiger partial charge is 0.0651 e. The fraction of sp³-hybridized carbons (Fsp3) is 0.500. The van der Waals surface area contributed by atoms with Crippen LogP contribution in [0.2, 0.25) is 0 Å². The molecule has 0 saturated carbocycles. The molecule has 0 aromatic rings. The average Bonchev–Trinajstić information content (AvgIpc) is 1.61. The van der Waals surface area contributed by atoms with Gasteiger partial charge in [-0.25, -0.2) is 0 Å². The lowest BCUT2D eigenvalue weighted by Crippen LogP contribution is -1.77. The number of hydrogen-bond acceptors (Lipinski definition) is 1. The maximum Gasteiger partial charge on any atom is 0.0651 e. The van der Waals surface area contributed by atoms with Gasteiger partial charge in [0.1, 0.15) is 0 Å². The third kappa shape index (κ3) is 4.18. The number of halogens is 1. The van der Waals surface area contributed by atoms with E-state index in [0.29, 0.717) is 6.61 Å². The third-order valence-electron chi connectivity index (χ3n) is 0.352. The summed E-state index contributed by atoms with van der Waals surface area (Å²) in [6.45, 7) is 0.686. The average molecular weight is 151 g/mol. The maximum atomic E-state index is 4.67. The minimum absolute atomic E-state index is 0.686. The number of ether oxygens (including phenoxy) is 1. The molecule has 0 radical (unpaired) electrons. The Labute approximate surface area is 46.1 Å². The summed E-state index contributed by atoms with van der Waals surface area (Å²) in [5.74, 6) is 0. The highest BCUT2D eigenvalue weighted by Crippen LogP contribution is 1.80. The van der Waals surface area contributed by atoms with E-state index >= 15 is 0 Å². The van der Waals surface area contributed by atoms with Crippen LogP contribution in [0.25, 0.3) is 0 Å². The normalized spacial score (nSPS) is 10.3. The highest BCUT2D eigenvalue weighted by atomic mass is 79.9. The summed E-state index contributed by atoms with van der Waals surface area (Å²) in [6.07, 6.45) is 1.88. The first-order valence-corrected chi connectivity index (χ1v) is 2.57. The molecule has 0 saturated heterocycles. The van der Waals surface area contributed by atoms with Gasteiger partial charge in [0.2, 0.25) is 0 Å². The van der Waals surface area contributed by atoms with Crippen LogP contribution in [-0.2, 0) is 4.74 Å². The Balaban J connectivity index is 2.66. The van der Waals surface area contributed by atoms with Gasteiger partial charge in [0, 0.05) is 7.11 Å². The molecular weight excluding hydrogens is 144 g/mol. The van der Waals surface area contributed by atoms with Crippen molar-refractivity contribution in [1.82, 2.24) is 0 Å². The molecule has 0 aliphatic heterocycles. The summed E-state index contributed by atoms with van der Waals surface area (Å²) in [5, 5.41) is 0. The molecule has 0 heterocycles. The highest BCUT2D eigenvalue weighted by molar-refractivity contribution is 9.11. The van der Waals surface area contributed by atoms with E-state index in [2.05, 4.69) is 20.7 Å². The predicted molar refractivity (Wildman–Crippen MR) is 29.9 cm³/mol. The van der Waals surface area contributed by atoms with Crippen LogP contribution in [0.15, 0.2) is 11.1 Å². The van der Waals surface area contributed by atoms with Crippen molar-refractivity contribution in [2.45, 2.75) is 0 Å². The molecular formula is C4H7BrO. The molecule has 2 heteroatoms. The van der Waals surface area contributed by atoms with Gasteiger partial charge in [0.25, 0.3) is 0 Å². The molecule has 0 amide bonds. The summed E-state index contributed by atoms with van der Waals surface area (Å²) in [4.78, 5) is 1.77. The van der Waals surface area contributed by atoms with Crippen LogP contribution in [0.4, 0.5) is 0 Å². The zero-order valence-corrected chi connectivity index (χ0v) is 5.23. The number of rotatable bonds is 2.